The number of ether oxygens (including phenoxy) is 1. The van der Waals surface area contributed by atoms with E-state index in [4.69, 9.17) is 16.3 Å². The van der Waals surface area contributed by atoms with Crippen molar-refractivity contribution < 1.29 is 9.53 Å². The molecule has 1 rings (SSSR count). The highest BCUT2D eigenvalue weighted by atomic mass is 79.9. The van der Waals surface area contributed by atoms with Crippen molar-refractivity contribution in [2.45, 2.75) is 0 Å². The number of carbonyl (C=O) groups is 1. The normalized spacial score (nSPS) is 9.85. The molecule has 0 atom stereocenters. The third kappa shape index (κ3) is 2.24. The van der Waals surface area contributed by atoms with Gasteiger partial charge in [-0.1, -0.05) is 0 Å². The third-order valence-corrected chi connectivity index (χ3v) is 3.11. The zero-order valence-corrected chi connectivity index (χ0v) is 10.5. The Morgan fingerprint density at radius 3 is 2.54 bits per heavy atom. The summed E-state index contributed by atoms with van der Waals surface area (Å²) in [6.07, 6.45) is 0. The van der Waals surface area contributed by atoms with Crippen LogP contribution in [0, 0.1) is 0 Å². The van der Waals surface area contributed by atoms with Crippen LogP contribution >= 0.6 is 43.5 Å². The van der Waals surface area contributed by atoms with Crippen LogP contribution in [0.1, 0.15) is 10.4 Å². The van der Waals surface area contributed by atoms with E-state index in [0.29, 0.717) is 20.3 Å². The molecule has 0 saturated carbocycles. The Bertz CT molecular complexity index is 352. The van der Waals surface area contributed by atoms with Gasteiger partial charge in [0.25, 0.3) is 5.24 Å². The monoisotopic (exact) mass is 326 g/mol. The van der Waals surface area contributed by atoms with Gasteiger partial charge < -0.3 is 4.74 Å². The lowest BCUT2D eigenvalue weighted by Crippen LogP contribution is -1.95. The molecule has 0 aliphatic heterocycles. The van der Waals surface area contributed by atoms with Crippen LogP contribution in [-0.2, 0) is 0 Å². The van der Waals surface area contributed by atoms with Gasteiger partial charge in [0.05, 0.1) is 17.1 Å². The van der Waals surface area contributed by atoms with E-state index in [1.54, 1.807) is 12.1 Å². The molecule has 0 spiro atoms. The van der Waals surface area contributed by atoms with Gasteiger partial charge in [0, 0.05) is 4.47 Å². The van der Waals surface area contributed by atoms with E-state index in [0.717, 1.165) is 0 Å². The molecule has 13 heavy (non-hydrogen) atoms. The molecule has 5 heteroatoms. The lowest BCUT2D eigenvalue weighted by Gasteiger charge is -2.07. The quantitative estimate of drug-likeness (QED) is 0.776. The molecule has 0 amide bonds. The van der Waals surface area contributed by atoms with Crippen molar-refractivity contribution in [3.63, 3.8) is 0 Å². The fourth-order valence-electron chi connectivity index (χ4n) is 0.871. The largest absolute Gasteiger partial charge is 0.496 e. The van der Waals surface area contributed by atoms with Crippen LogP contribution in [0.5, 0.6) is 5.75 Å². The lowest BCUT2D eigenvalue weighted by molar-refractivity contribution is 0.107. The van der Waals surface area contributed by atoms with Crippen molar-refractivity contribution in [2.24, 2.45) is 0 Å². The lowest BCUT2D eigenvalue weighted by atomic mass is 10.2. The van der Waals surface area contributed by atoms with E-state index in [1.165, 1.54) is 7.11 Å². The van der Waals surface area contributed by atoms with E-state index in [1.807, 2.05) is 0 Å². The highest BCUT2D eigenvalue weighted by molar-refractivity contribution is 9.11. The molecule has 0 aliphatic rings. The van der Waals surface area contributed by atoms with E-state index in [-0.39, 0.29) is 0 Å². The van der Waals surface area contributed by atoms with Gasteiger partial charge in [0.15, 0.2) is 0 Å². The van der Waals surface area contributed by atoms with Crippen molar-refractivity contribution >= 4 is 48.7 Å². The molecule has 0 saturated heterocycles. The highest BCUT2D eigenvalue weighted by Gasteiger charge is 2.15. The number of benzene rings is 1. The van der Waals surface area contributed by atoms with Crippen LogP contribution < -0.4 is 4.74 Å². The SMILES string of the molecule is COc1ccc(Br)c(C(=O)Cl)c1Br. The fraction of sp³-hybridized carbons (Fsp3) is 0.125. The van der Waals surface area contributed by atoms with Crippen LogP contribution in [0.2, 0.25) is 0 Å². The minimum Gasteiger partial charge on any atom is -0.496 e. The molecule has 0 aliphatic carbocycles. The summed E-state index contributed by atoms with van der Waals surface area (Å²) in [6.45, 7) is 0. The van der Waals surface area contributed by atoms with Crippen molar-refractivity contribution in [1.29, 1.82) is 0 Å². The third-order valence-electron chi connectivity index (χ3n) is 1.47. The van der Waals surface area contributed by atoms with Gasteiger partial charge in [0.1, 0.15) is 5.75 Å². The number of hydrogen-bond donors (Lipinski definition) is 0. The van der Waals surface area contributed by atoms with Gasteiger partial charge in [-0.05, 0) is 55.6 Å². The van der Waals surface area contributed by atoms with Gasteiger partial charge >= 0.3 is 0 Å². The highest BCUT2D eigenvalue weighted by Crippen LogP contribution is 2.34. The number of halogens is 3. The topological polar surface area (TPSA) is 26.3 Å². The predicted octanol–water partition coefficient (Wildman–Crippen LogP) is 3.60. The van der Waals surface area contributed by atoms with Crippen LogP contribution in [0.15, 0.2) is 21.1 Å². The standard InChI is InChI=1S/C8H5Br2ClO2/c1-13-5-3-2-4(9)6(7(5)10)8(11)12/h2-3H,1H3. The van der Waals surface area contributed by atoms with Crippen LogP contribution in [0.25, 0.3) is 0 Å². The van der Waals surface area contributed by atoms with Gasteiger partial charge in [-0.3, -0.25) is 4.79 Å². The summed E-state index contributed by atoms with van der Waals surface area (Å²) in [5.41, 5.74) is 0.376. The average molecular weight is 328 g/mol. The van der Waals surface area contributed by atoms with E-state index >= 15 is 0 Å². The minimum absolute atomic E-state index is 0.376. The first-order chi connectivity index (χ1) is 6.07. The first-order valence-corrected chi connectivity index (χ1v) is 5.26. The molecule has 0 fully saturated rings. The Morgan fingerprint density at radius 1 is 1.46 bits per heavy atom. The Labute approximate surface area is 97.5 Å². The van der Waals surface area contributed by atoms with Crippen LogP contribution in [0.3, 0.4) is 0 Å². The Balaban J connectivity index is 3.38. The summed E-state index contributed by atoms with van der Waals surface area (Å²) in [7, 11) is 1.52. The molecule has 0 aromatic heterocycles. The fourth-order valence-corrected chi connectivity index (χ4v) is 2.76. The maximum Gasteiger partial charge on any atom is 0.254 e. The van der Waals surface area contributed by atoms with Crippen molar-refractivity contribution in [2.75, 3.05) is 7.11 Å². The number of hydrogen-bond acceptors (Lipinski definition) is 2. The molecule has 70 valence electrons. The maximum absolute atomic E-state index is 11.0. The van der Waals surface area contributed by atoms with Gasteiger partial charge in [-0.15, -0.1) is 0 Å². The van der Waals surface area contributed by atoms with Crippen molar-refractivity contribution in [3.8, 4) is 5.75 Å². The second-order valence-corrected chi connectivity index (χ2v) is 4.20. The summed E-state index contributed by atoms with van der Waals surface area (Å²) in [5, 5.41) is -0.530. The predicted molar refractivity (Wildman–Crippen MR) is 58.6 cm³/mol. The second kappa shape index (κ2) is 4.44. The Morgan fingerprint density at radius 2 is 2.08 bits per heavy atom. The smallest absolute Gasteiger partial charge is 0.254 e. The Hall–Kier alpha value is -0.0600. The summed E-state index contributed by atoms with van der Waals surface area (Å²) < 4.78 is 6.21. The summed E-state index contributed by atoms with van der Waals surface area (Å²) in [6, 6.07) is 3.44. The molecule has 0 heterocycles. The van der Waals surface area contributed by atoms with Gasteiger partial charge in [-0.25, -0.2) is 0 Å². The first-order valence-electron chi connectivity index (χ1n) is 3.29. The van der Waals surface area contributed by atoms with Gasteiger partial charge in [-0.2, -0.15) is 0 Å². The van der Waals surface area contributed by atoms with E-state index in [2.05, 4.69) is 31.9 Å². The number of carbonyl (C=O) groups excluding carboxylic acids is 1. The first kappa shape index (κ1) is 11.0. The zero-order valence-electron chi connectivity index (χ0n) is 6.61. The summed E-state index contributed by atoms with van der Waals surface area (Å²) in [5.74, 6) is 0.576. The molecular weight excluding hydrogens is 323 g/mol. The van der Waals surface area contributed by atoms with Crippen LogP contribution in [0.4, 0.5) is 0 Å². The second-order valence-electron chi connectivity index (χ2n) is 2.21. The summed E-state index contributed by atoms with van der Waals surface area (Å²) in [4.78, 5) is 11.0. The van der Waals surface area contributed by atoms with Gasteiger partial charge in [0.2, 0.25) is 0 Å². The molecule has 1 aromatic rings. The van der Waals surface area contributed by atoms with Crippen molar-refractivity contribution in [3.05, 3.63) is 26.6 Å². The van der Waals surface area contributed by atoms with Crippen LogP contribution in [-0.4, -0.2) is 12.4 Å². The van der Waals surface area contributed by atoms with Crippen molar-refractivity contribution in [1.82, 2.24) is 0 Å². The molecule has 0 bridgehead atoms. The molecule has 1 aromatic carbocycles. The van der Waals surface area contributed by atoms with E-state index in [9.17, 15) is 4.79 Å². The molecular formula is C8H5Br2ClO2. The zero-order chi connectivity index (χ0) is 10.0. The molecule has 0 unspecified atom stereocenters. The van der Waals surface area contributed by atoms with E-state index < -0.39 is 5.24 Å². The number of rotatable bonds is 2. The Kier molecular flexibility index (Phi) is 3.76. The molecule has 0 N–H and O–H groups in total. The average Bonchev–Trinajstić information content (AvgIpc) is 2.04. The maximum atomic E-state index is 11.0. The summed E-state index contributed by atoms with van der Waals surface area (Å²) >= 11 is 11.8. The minimum atomic E-state index is -0.530. The molecule has 2 nitrogen and oxygen atoms in total. The molecule has 0 radical (unpaired) electrons. The number of methoxy groups -OCH3 is 1.